The van der Waals surface area contributed by atoms with Gasteiger partial charge in [-0.05, 0) is 19.8 Å². The Morgan fingerprint density at radius 3 is 2.35 bits per heavy atom. The van der Waals surface area contributed by atoms with E-state index in [1.54, 1.807) is 14.2 Å². The zero-order chi connectivity index (χ0) is 12.3. The third-order valence-electron chi connectivity index (χ3n) is 3.14. The topological polar surface area (TPSA) is 72.0 Å². The van der Waals surface area contributed by atoms with Gasteiger partial charge in [0, 0.05) is 12.6 Å². The Morgan fingerprint density at radius 1 is 1.12 bits per heavy atom. The van der Waals surface area contributed by atoms with Crippen molar-refractivity contribution < 1.29 is 4.74 Å². The van der Waals surface area contributed by atoms with E-state index in [1.807, 2.05) is 0 Å². The van der Waals surface area contributed by atoms with Gasteiger partial charge in [-0.2, -0.15) is 15.0 Å². The van der Waals surface area contributed by atoms with Crippen LogP contribution in [0.4, 0.5) is 11.9 Å². The Hall–Kier alpha value is -1.59. The van der Waals surface area contributed by atoms with E-state index in [1.165, 1.54) is 12.8 Å². The van der Waals surface area contributed by atoms with E-state index < -0.39 is 0 Å². The minimum atomic E-state index is 0.0946. The normalized spacial score (nSPS) is 17.8. The lowest BCUT2D eigenvalue weighted by Gasteiger charge is -2.25. The molecule has 6 nitrogen and oxygen atoms in total. The third kappa shape index (κ3) is 2.75. The van der Waals surface area contributed by atoms with Gasteiger partial charge in [0.25, 0.3) is 0 Å². The first-order valence-corrected chi connectivity index (χ1v) is 5.91. The molecule has 1 aliphatic carbocycles. The Labute approximate surface area is 101 Å². The van der Waals surface area contributed by atoms with E-state index in [0.29, 0.717) is 17.9 Å². The highest BCUT2D eigenvalue weighted by Crippen LogP contribution is 2.31. The van der Waals surface area contributed by atoms with Gasteiger partial charge in [0.15, 0.2) is 0 Å². The number of aromatic nitrogens is 3. The molecule has 0 unspecified atom stereocenters. The van der Waals surface area contributed by atoms with Crippen LogP contribution < -0.4 is 15.4 Å². The third-order valence-corrected chi connectivity index (χ3v) is 3.14. The molecule has 1 heterocycles. The summed E-state index contributed by atoms with van der Waals surface area (Å²) in [7, 11) is 3.33. The number of nitrogens with zero attached hydrogens (tertiary/aromatic N) is 3. The van der Waals surface area contributed by atoms with E-state index in [-0.39, 0.29) is 5.54 Å². The fraction of sp³-hybridized carbons (Fsp3) is 0.727. The van der Waals surface area contributed by atoms with Crippen LogP contribution in [0.25, 0.3) is 0 Å². The van der Waals surface area contributed by atoms with Crippen LogP contribution in [0.3, 0.4) is 0 Å². The number of hydrogen-bond donors (Lipinski definition) is 2. The summed E-state index contributed by atoms with van der Waals surface area (Å²) in [5, 5.41) is 6.28. The molecule has 2 rings (SSSR count). The summed E-state index contributed by atoms with van der Waals surface area (Å²) in [5.74, 6) is 1.09. The lowest BCUT2D eigenvalue weighted by atomic mass is 10.0. The highest BCUT2D eigenvalue weighted by atomic mass is 16.5. The molecule has 0 saturated heterocycles. The van der Waals surface area contributed by atoms with Gasteiger partial charge in [-0.3, -0.25) is 0 Å². The van der Waals surface area contributed by atoms with E-state index in [4.69, 9.17) is 4.74 Å². The van der Waals surface area contributed by atoms with E-state index in [0.717, 1.165) is 12.8 Å². The molecule has 1 saturated carbocycles. The summed E-state index contributed by atoms with van der Waals surface area (Å²) in [6.45, 7) is 2.20. The summed E-state index contributed by atoms with van der Waals surface area (Å²) < 4.78 is 5.05. The first-order valence-electron chi connectivity index (χ1n) is 5.91. The van der Waals surface area contributed by atoms with E-state index in [9.17, 15) is 0 Å². The van der Waals surface area contributed by atoms with Gasteiger partial charge in [-0.1, -0.05) is 12.8 Å². The van der Waals surface area contributed by atoms with Crippen LogP contribution in [-0.2, 0) is 0 Å². The number of ether oxygens (including phenoxy) is 1. The van der Waals surface area contributed by atoms with Crippen LogP contribution in [0.15, 0.2) is 0 Å². The SMILES string of the molecule is CNc1nc(NC2(C)CCCC2)nc(OC)n1. The van der Waals surface area contributed by atoms with Crippen molar-refractivity contribution in [2.75, 3.05) is 24.8 Å². The summed E-state index contributed by atoms with van der Waals surface area (Å²) in [6.07, 6.45) is 4.81. The molecular weight excluding hydrogens is 218 g/mol. The Kier molecular flexibility index (Phi) is 3.31. The zero-order valence-electron chi connectivity index (χ0n) is 10.6. The molecule has 94 valence electrons. The molecule has 1 aromatic rings. The van der Waals surface area contributed by atoms with Crippen molar-refractivity contribution in [3.8, 4) is 6.01 Å². The van der Waals surface area contributed by atoms with Crippen LogP contribution in [0.1, 0.15) is 32.6 Å². The average Bonchev–Trinajstić information content (AvgIpc) is 2.75. The largest absolute Gasteiger partial charge is 0.467 e. The predicted molar refractivity (Wildman–Crippen MR) is 66.4 cm³/mol. The summed E-state index contributed by atoms with van der Waals surface area (Å²) in [4.78, 5) is 12.6. The van der Waals surface area contributed by atoms with Crippen LogP contribution >= 0.6 is 0 Å². The van der Waals surface area contributed by atoms with E-state index in [2.05, 4.69) is 32.5 Å². The molecule has 0 spiro atoms. The summed E-state index contributed by atoms with van der Waals surface area (Å²) >= 11 is 0. The van der Waals surface area contributed by atoms with Gasteiger partial charge in [0.2, 0.25) is 11.9 Å². The monoisotopic (exact) mass is 237 g/mol. The van der Waals surface area contributed by atoms with Crippen LogP contribution in [0.5, 0.6) is 6.01 Å². The first kappa shape index (κ1) is 11.9. The molecule has 0 amide bonds. The minimum absolute atomic E-state index is 0.0946. The Balaban J connectivity index is 2.19. The van der Waals surface area contributed by atoms with Crippen molar-refractivity contribution in [1.82, 2.24) is 15.0 Å². The van der Waals surface area contributed by atoms with Gasteiger partial charge in [0.1, 0.15) is 0 Å². The zero-order valence-corrected chi connectivity index (χ0v) is 10.6. The average molecular weight is 237 g/mol. The van der Waals surface area contributed by atoms with Crippen molar-refractivity contribution in [3.63, 3.8) is 0 Å². The fourth-order valence-electron chi connectivity index (χ4n) is 2.17. The van der Waals surface area contributed by atoms with Crippen LogP contribution in [0.2, 0.25) is 0 Å². The fourth-order valence-corrected chi connectivity index (χ4v) is 2.17. The van der Waals surface area contributed by atoms with Gasteiger partial charge < -0.3 is 15.4 Å². The lowest BCUT2D eigenvalue weighted by molar-refractivity contribution is 0.378. The minimum Gasteiger partial charge on any atom is -0.467 e. The second-order valence-corrected chi connectivity index (χ2v) is 4.61. The summed E-state index contributed by atoms with van der Waals surface area (Å²) in [5.41, 5.74) is 0.0946. The molecule has 0 aliphatic heterocycles. The van der Waals surface area contributed by atoms with Crippen molar-refractivity contribution in [3.05, 3.63) is 0 Å². The second kappa shape index (κ2) is 4.73. The number of hydrogen-bond acceptors (Lipinski definition) is 6. The lowest BCUT2D eigenvalue weighted by Crippen LogP contribution is -2.32. The van der Waals surface area contributed by atoms with Gasteiger partial charge in [0.05, 0.1) is 7.11 Å². The summed E-state index contributed by atoms with van der Waals surface area (Å²) in [6, 6.07) is 0.327. The number of rotatable bonds is 4. The number of anilines is 2. The second-order valence-electron chi connectivity index (χ2n) is 4.61. The van der Waals surface area contributed by atoms with Gasteiger partial charge in [-0.15, -0.1) is 0 Å². The molecule has 0 bridgehead atoms. The van der Waals surface area contributed by atoms with Crippen LogP contribution in [-0.4, -0.2) is 34.6 Å². The maximum atomic E-state index is 5.05. The highest BCUT2D eigenvalue weighted by molar-refractivity contribution is 5.37. The van der Waals surface area contributed by atoms with Crippen molar-refractivity contribution in [2.24, 2.45) is 0 Å². The van der Waals surface area contributed by atoms with Crippen molar-refractivity contribution >= 4 is 11.9 Å². The molecule has 0 aromatic carbocycles. The standard InChI is InChI=1S/C11H19N5O/c1-11(6-4-5-7-11)16-9-13-8(12-2)14-10(15-9)17-3/h4-7H2,1-3H3,(H2,12,13,14,15,16). The van der Waals surface area contributed by atoms with Crippen LogP contribution in [0, 0.1) is 0 Å². The molecule has 0 atom stereocenters. The molecule has 1 aliphatic rings. The molecule has 6 heteroatoms. The van der Waals surface area contributed by atoms with Crippen molar-refractivity contribution in [1.29, 1.82) is 0 Å². The molecule has 0 radical (unpaired) electrons. The van der Waals surface area contributed by atoms with Gasteiger partial charge in [-0.25, -0.2) is 0 Å². The molecule has 1 aromatic heterocycles. The van der Waals surface area contributed by atoms with E-state index >= 15 is 0 Å². The Bertz CT molecular complexity index is 367. The molecule has 2 N–H and O–H groups in total. The quantitative estimate of drug-likeness (QED) is 0.830. The molecular formula is C11H19N5O. The maximum absolute atomic E-state index is 5.05. The first-order chi connectivity index (χ1) is 8.15. The maximum Gasteiger partial charge on any atom is 0.322 e. The highest BCUT2D eigenvalue weighted by Gasteiger charge is 2.29. The molecule has 17 heavy (non-hydrogen) atoms. The number of methoxy groups -OCH3 is 1. The predicted octanol–water partition coefficient (Wildman–Crippen LogP) is 1.67. The number of nitrogens with one attached hydrogen (secondary N) is 2. The van der Waals surface area contributed by atoms with Gasteiger partial charge >= 0.3 is 6.01 Å². The smallest absolute Gasteiger partial charge is 0.322 e. The Morgan fingerprint density at radius 2 is 1.76 bits per heavy atom. The van der Waals surface area contributed by atoms with Crippen molar-refractivity contribution in [2.45, 2.75) is 38.1 Å². The molecule has 1 fully saturated rings.